The van der Waals surface area contributed by atoms with E-state index >= 15 is 0 Å². The molecule has 4 fully saturated rings. The molecule has 2 aromatic heterocycles. The van der Waals surface area contributed by atoms with Crippen molar-refractivity contribution in [3.05, 3.63) is 18.0 Å². The Morgan fingerprint density at radius 1 is 1.14 bits per heavy atom. The molecule has 4 bridgehead atoms. The van der Waals surface area contributed by atoms with Gasteiger partial charge in [0.1, 0.15) is 11.6 Å². The number of nitrogens with one attached hydrogen (secondary N) is 1. The van der Waals surface area contributed by atoms with Crippen molar-refractivity contribution < 1.29 is 0 Å². The maximum Gasteiger partial charge on any atom is 0.179 e. The van der Waals surface area contributed by atoms with Crippen molar-refractivity contribution in [1.29, 1.82) is 0 Å². The highest BCUT2D eigenvalue weighted by Crippen LogP contribution is 2.65. The van der Waals surface area contributed by atoms with Gasteiger partial charge in [-0.2, -0.15) is 0 Å². The number of aromatic nitrogens is 3. The summed E-state index contributed by atoms with van der Waals surface area (Å²) in [5.74, 6) is 3.54. The standard InChI is InChI=1S/C17H22N4/c1-16-5-10-4-11(6-16)8-17(7-10,9-16)15-19-12-2-3-13(18)20-14(12)21-15/h2-3,10-11H,4-9H2,1H3,(H3,18,19,20,21). The molecule has 4 heteroatoms. The molecular weight excluding hydrogens is 260 g/mol. The summed E-state index contributed by atoms with van der Waals surface area (Å²) >= 11 is 0. The molecule has 2 unspecified atom stereocenters. The lowest BCUT2D eigenvalue weighted by atomic mass is 9.44. The summed E-state index contributed by atoms with van der Waals surface area (Å²) < 4.78 is 0. The minimum absolute atomic E-state index is 0.272. The smallest absolute Gasteiger partial charge is 0.179 e. The van der Waals surface area contributed by atoms with Crippen LogP contribution in [-0.2, 0) is 5.41 Å². The predicted octanol–water partition coefficient (Wildman–Crippen LogP) is 3.40. The molecule has 2 atom stereocenters. The van der Waals surface area contributed by atoms with E-state index in [-0.39, 0.29) is 5.41 Å². The summed E-state index contributed by atoms with van der Waals surface area (Å²) in [4.78, 5) is 12.8. The Balaban J connectivity index is 1.64. The first kappa shape index (κ1) is 12.0. The number of H-pyrrole nitrogens is 1. The number of hydrogen-bond acceptors (Lipinski definition) is 3. The number of imidazole rings is 1. The van der Waals surface area contributed by atoms with Gasteiger partial charge in [0.2, 0.25) is 0 Å². The zero-order valence-corrected chi connectivity index (χ0v) is 12.5. The molecule has 0 amide bonds. The van der Waals surface area contributed by atoms with E-state index in [1.165, 1.54) is 44.3 Å². The Morgan fingerprint density at radius 3 is 2.62 bits per heavy atom. The number of nitrogen functional groups attached to an aromatic ring is 1. The van der Waals surface area contributed by atoms with Gasteiger partial charge in [-0.05, 0) is 67.9 Å². The molecule has 4 saturated carbocycles. The average molecular weight is 282 g/mol. The monoisotopic (exact) mass is 282 g/mol. The van der Waals surface area contributed by atoms with E-state index in [1.807, 2.05) is 12.1 Å². The highest BCUT2D eigenvalue weighted by atomic mass is 15.0. The normalized spacial score (nSPS) is 41.0. The van der Waals surface area contributed by atoms with Crippen molar-refractivity contribution in [2.75, 3.05) is 5.73 Å². The third-order valence-electron chi connectivity index (χ3n) is 6.22. The van der Waals surface area contributed by atoms with Gasteiger partial charge in [0.15, 0.2) is 5.65 Å². The maximum atomic E-state index is 5.80. The number of rotatable bonds is 1. The van der Waals surface area contributed by atoms with Gasteiger partial charge in [-0.1, -0.05) is 6.92 Å². The molecule has 110 valence electrons. The number of fused-ring (bicyclic) bond motifs is 1. The third kappa shape index (κ3) is 1.62. The van der Waals surface area contributed by atoms with Gasteiger partial charge >= 0.3 is 0 Å². The van der Waals surface area contributed by atoms with Crippen molar-refractivity contribution in [1.82, 2.24) is 15.0 Å². The Bertz CT molecular complexity index is 717. The van der Waals surface area contributed by atoms with E-state index < -0.39 is 0 Å². The maximum absolute atomic E-state index is 5.80. The van der Waals surface area contributed by atoms with Gasteiger partial charge in [0.05, 0.1) is 5.52 Å². The van der Waals surface area contributed by atoms with Crippen LogP contribution in [0.1, 0.15) is 51.3 Å². The average Bonchev–Trinajstić information content (AvgIpc) is 2.79. The zero-order valence-electron chi connectivity index (χ0n) is 12.5. The lowest BCUT2D eigenvalue weighted by molar-refractivity contribution is -0.0644. The number of nitrogens with two attached hydrogens (primary N) is 1. The fourth-order valence-electron chi connectivity index (χ4n) is 6.16. The minimum Gasteiger partial charge on any atom is -0.384 e. The molecule has 0 aromatic carbocycles. The number of nitrogens with zero attached hydrogens (tertiary/aromatic N) is 2. The Hall–Kier alpha value is -1.58. The summed E-state index contributed by atoms with van der Waals surface area (Å²) in [6, 6.07) is 3.86. The predicted molar refractivity (Wildman–Crippen MR) is 82.8 cm³/mol. The summed E-state index contributed by atoms with van der Waals surface area (Å²) in [5.41, 5.74) is 8.42. The van der Waals surface area contributed by atoms with Crippen molar-refractivity contribution in [2.24, 2.45) is 17.3 Å². The van der Waals surface area contributed by atoms with Gasteiger partial charge in [-0.3, -0.25) is 0 Å². The third-order valence-corrected chi connectivity index (χ3v) is 6.22. The first-order chi connectivity index (χ1) is 10.0. The van der Waals surface area contributed by atoms with Crippen LogP contribution < -0.4 is 5.73 Å². The van der Waals surface area contributed by atoms with Crippen LogP contribution in [0.15, 0.2) is 12.1 Å². The number of anilines is 1. The fourth-order valence-corrected chi connectivity index (χ4v) is 6.16. The van der Waals surface area contributed by atoms with Gasteiger partial charge in [0.25, 0.3) is 0 Å². The molecule has 4 aliphatic carbocycles. The van der Waals surface area contributed by atoms with Gasteiger partial charge in [-0.25, -0.2) is 9.97 Å². The van der Waals surface area contributed by atoms with Gasteiger partial charge < -0.3 is 10.7 Å². The van der Waals surface area contributed by atoms with E-state index in [1.54, 1.807) is 0 Å². The van der Waals surface area contributed by atoms with Crippen molar-refractivity contribution in [3.8, 4) is 0 Å². The summed E-state index contributed by atoms with van der Waals surface area (Å²) in [7, 11) is 0. The molecule has 4 aliphatic rings. The molecule has 4 nitrogen and oxygen atoms in total. The van der Waals surface area contributed by atoms with Gasteiger partial charge in [0, 0.05) is 5.41 Å². The van der Waals surface area contributed by atoms with Crippen LogP contribution in [-0.4, -0.2) is 15.0 Å². The lowest BCUT2D eigenvalue weighted by Gasteiger charge is -2.60. The Morgan fingerprint density at radius 2 is 1.90 bits per heavy atom. The molecule has 0 aliphatic heterocycles. The van der Waals surface area contributed by atoms with Gasteiger partial charge in [-0.15, -0.1) is 0 Å². The topological polar surface area (TPSA) is 67.6 Å². The second-order valence-electron chi connectivity index (χ2n) is 8.24. The van der Waals surface area contributed by atoms with E-state index in [4.69, 9.17) is 10.7 Å². The molecule has 21 heavy (non-hydrogen) atoms. The number of hydrogen-bond donors (Lipinski definition) is 2. The van der Waals surface area contributed by atoms with E-state index in [0.29, 0.717) is 11.2 Å². The van der Waals surface area contributed by atoms with Crippen LogP contribution in [0.5, 0.6) is 0 Å². The van der Waals surface area contributed by atoms with E-state index in [2.05, 4.69) is 16.9 Å². The molecule has 0 saturated heterocycles. The van der Waals surface area contributed by atoms with Crippen LogP contribution in [0, 0.1) is 17.3 Å². The Kier molecular flexibility index (Phi) is 2.06. The minimum atomic E-state index is 0.272. The largest absolute Gasteiger partial charge is 0.384 e. The lowest BCUT2D eigenvalue weighted by Crippen LogP contribution is -2.53. The van der Waals surface area contributed by atoms with Crippen molar-refractivity contribution in [2.45, 2.75) is 50.9 Å². The van der Waals surface area contributed by atoms with Crippen molar-refractivity contribution in [3.63, 3.8) is 0 Å². The fraction of sp³-hybridized carbons (Fsp3) is 0.647. The highest BCUT2D eigenvalue weighted by Gasteiger charge is 2.57. The summed E-state index contributed by atoms with van der Waals surface area (Å²) in [5, 5.41) is 0. The first-order valence-corrected chi connectivity index (χ1v) is 8.16. The quantitative estimate of drug-likeness (QED) is 0.842. The van der Waals surface area contributed by atoms with Crippen LogP contribution in [0.25, 0.3) is 11.2 Å². The Labute approximate surface area is 124 Å². The van der Waals surface area contributed by atoms with Crippen LogP contribution in [0.2, 0.25) is 0 Å². The molecule has 6 rings (SSSR count). The molecular formula is C17H22N4. The summed E-state index contributed by atoms with van der Waals surface area (Å²) in [6.07, 6.45) is 8.22. The van der Waals surface area contributed by atoms with Crippen molar-refractivity contribution >= 4 is 17.0 Å². The molecule has 2 aromatic rings. The first-order valence-electron chi connectivity index (χ1n) is 8.16. The summed E-state index contributed by atoms with van der Waals surface area (Å²) in [6.45, 7) is 2.50. The number of aromatic amines is 1. The van der Waals surface area contributed by atoms with E-state index in [0.717, 1.165) is 23.0 Å². The van der Waals surface area contributed by atoms with Crippen LogP contribution in [0.3, 0.4) is 0 Å². The zero-order chi connectivity index (χ0) is 14.2. The second-order valence-corrected chi connectivity index (χ2v) is 8.24. The van der Waals surface area contributed by atoms with Crippen LogP contribution >= 0.6 is 0 Å². The second kappa shape index (κ2) is 3.60. The van der Waals surface area contributed by atoms with E-state index in [9.17, 15) is 0 Å². The number of pyridine rings is 1. The van der Waals surface area contributed by atoms with Crippen LogP contribution in [0.4, 0.5) is 5.82 Å². The molecule has 3 N–H and O–H groups in total. The molecule has 2 heterocycles. The SMILES string of the molecule is CC12CC3CC(C1)CC(c1nc4nc(N)ccc4[nH]1)(C3)C2. The highest BCUT2D eigenvalue weighted by molar-refractivity contribution is 5.72. The molecule has 0 spiro atoms. The molecule has 0 radical (unpaired) electrons.